The molecule has 24 heavy (non-hydrogen) atoms. The number of nitrogens with one attached hydrogen (secondary N) is 1. The van der Waals surface area contributed by atoms with Crippen molar-refractivity contribution in [1.82, 2.24) is 14.6 Å². The molecule has 1 aliphatic heterocycles. The highest BCUT2D eigenvalue weighted by atomic mass is 32.2. The molecule has 1 aromatic heterocycles. The number of rotatable bonds is 6. The van der Waals surface area contributed by atoms with Crippen LogP contribution in [0.15, 0.2) is 24.4 Å². The summed E-state index contributed by atoms with van der Waals surface area (Å²) in [5, 5.41) is 0. The van der Waals surface area contributed by atoms with Crippen molar-refractivity contribution in [2.24, 2.45) is 11.8 Å². The molecule has 0 spiro atoms. The van der Waals surface area contributed by atoms with Crippen molar-refractivity contribution in [2.75, 3.05) is 25.4 Å². The lowest BCUT2D eigenvalue weighted by molar-refractivity contribution is -0.139. The second-order valence-electron chi connectivity index (χ2n) is 6.52. The van der Waals surface area contributed by atoms with Crippen LogP contribution in [0.25, 0.3) is 0 Å². The normalized spacial score (nSPS) is 27.0. The minimum Gasteiger partial charge on any atom is -0.373 e. The first-order valence-electron chi connectivity index (χ1n) is 8.22. The van der Waals surface area contributed by atoms with Gasteiger partial charge in [-0.05, 0) is 24.5 Å². The molecule has 0 unspecified atom stereocenters. The van der Waals surface area contributed by atoms with Crippen molar-refractivity contribution in [3.8, 4) is 0 Å². The number of ether oxygens (including phenoxy) is 1. The lowest BCUT2D eigenvalue weighted by Gasteiger charge is -2.33. The molecule has 7 nitrogen and oxygen atoms in total. The Morgan fingerprint density at radius 3 is 2.92 bits per heavy atom. The van der Waals surface area contributed by atoms with E-state index in [-0.39, 0.29) is 24.1 Å². The number of hydrogen-bond acceptors (Lipinski definition) is 5. The van der Waals surface area contributed by atoms with Crippen LogP contribution in [0.2, 0.25) is 0 Å². The molecule has 1 saturated heterocycles. The van der Waals surface area contributed by atoms with E-state index in [0.717, 1.165) is 6.42 Å². The third-order valence-corrected chi connectivity index (χ3v) is 5.88. The van der Waals surface area contributed by atoms with Crippen LogP contribution in [0.5, 0.6) is 0 Å². The molecule has 2 heterocycles. The number of hydrogen-bond donors (Lipinski definition) is 1. The Morgan fingerprint density at radius 2 is 2.25 bits per heavy atom. The third-order valence-electron chi connectivity index (χ3n) is 4.48. The Bertz CT molecular complexity index is 680. The number of nitrogens with zero attached hydrogens (tertiary/aromatic N) is 2. The van der Waals surface area contributed by atoms with Gasteiger partial charge in [0.15, 0.2) is 0 Å². The second kappa shape index (κ2) is 7.16. The summed E-state index contributed by atoms with van der Waals surface area (Å²) in [5.41, 5.74) is 0.658. The molecule has 2 fully saturated rings. The van der Waals surface area contributed by atoms with E-state index in [9.17, 15) is 13.2 Å². The monoisotopic (exact) mass is 353 g/mol. The number of aromatic nitrogens is 1. The van der Waals surface area contributed by atoms with E-state index in [0.29, 0.717) is 31.3 Å². The smallest absolute Gasteiger partial charge is 0.226 e. The van der Waals surface area contributed by atoms with Gasteiger partial charge in [0.2, 0.25) is 15.9 Å². The highest BCUT2D eigenvalue weighted by Gasteiger charge is 2.42. The predicted octanol–water partition coefficient (Wildman–Crippen LogP) is 0.384. The zero-order chi connectivity index (χ0) is 17.2. The van der Waals surface area contributed by atoms with Crippen molar-refractivity contribution in [3.63, 3.8) is 0 Å². The van der Waals surface area contributed by atoms with Crippen molar-refractivity contribution < 1.29 is 17.9 Å². The predicted molar refractivity (Wildman–Crippen MR) is 88.5 cm³/mol. The quantitative estimate of drug-likeness (QED) is 0.799. The molecule has 8 heteroatoms. The zero-order valence-electron chi connectivity index (χ0n) is 13.7. The minimum atomic E-state index is -3.50. The van der Waals surface area contributed by atoms with Crippen molar-refractivity contribution in [2.45, 2.75) is 26.0 Å². The van der Waals surface area contributed by atoms with Crippen molar-refractivity contribution >= 4 is 15.9 Å². The van der Waals surface area contributed by atoms with Crippen LogP contribution < -0.4 is 4.72 Å². The number of morpholine rings is 1. The molecule has 3 rings (SSSR count). The van der Waals surface area contributed by atoms with Gasteiger partial charge >= 0.3 is 0 Å². The molecule has 0 aromatic carbocycles. The lowest BCUT2D eigenvalue weighted by atomic mass is 10.2. The molecule has 1 aliphatic carbocycles. The summed E-state index contributed by atoms with van der Waals surface area (Å²) in [5.74, 6) is 0.545. The fourth-order valence-corrected chi connectivity index (χ4v) is 4.09. The van der Waals surface area contributed by atoms with E-state index in [1.807, 2.05) is 6.07 Å². The fraction of sp³-hybridized carbons (Fsp3) is 0.625. The molecular weight excluding hydrogens is 330 g/mol. The van der Waals surface area contributed by atoms with Crippen LogP contribution in [0.3, 0.4) is 0 Å². The number of carbonyl (C=O) groups excluding carboxylic acids is 1. The molecule has 3 atom stereocenters. The Morgan fingerprint density at radius 1 is 1.46 bits per heavy atom. The number of sulfonamides is 1. The first-order valence-corrected chi connectivity index (χ1v) is 9.87. The summed E-state index contributed by atoms with van der Waals surface area (Å²) in [7, 11) is -3.50. The van der Waals surface area contributed by atoms with Crippen molar-refractivity contribution in [3.05, 3.63) is 30.1 Å². The van der Waals surface area contributed by atoms with Crippen LogP contribution in [-0.2, 0) is 26.1 Å². The molecule has 1 N–H and O–H groups in total. The van der Waals surface area contributed by atoms with Crippen LogP contribution in [0, 0.1) is 11.8 Å². The summed E-state index contributed by atoms with van der Waals surface area (Å²) in [6.45, 7) is 3.48. The lowest BCUT2D eigenvalue weighted by Crippen LogP contribution is -2.49. The van der Waals surface area contributed by atoms with Gasteiger partial charge in [-0.3, -0.25) is 9.78 Å². The van der Waals surface area contributed by atoms with E-state index < -0.39 is 16.1 Å². The summed E-state index contributed by atoms with van der Waals surface area (Å²) in [6.07, 6.45) is 2.07. The van der Waals surface area contributed by atoms with Gasteiger partial charge in [-0.25, -0.2) is 13.1 Å². The molecule has 0 radical (unpaired) electrons. The first kappa shape index (κ1) is 17.3. The third kappa shape index (κ3) is 4.52. The number of amides is 1. The molecular formula is C16H23N3O4S. The van der Waals surface area contributed by atoms with E-state index in [1.54, 1.807) is 23.2 Å². The SMILES string of the molecule is C[C@@H]1C[C@H]1C(=O)N1CCO[C@@H](CS(=O)(=O)NCc2ccccn2)C1. The van der Waals surface area contributed by atoms with Gasteiger partial charge in [0.05, 0.1) is 30.7 Å². The van der Waals surface area contributed by atoms with Gasteiger partial charge in [0, 0.05) is 25.2 Å². The zero-order valence-corrected chi connectivity index (χ0v) is 14.5. The van der Waals surface area contributed by atoms with Crippen LogP contribution >= 0.6 is 0 Å². The Hall–Kier alpha value is -1.51. The van der Waals surface area contributed by atoms with Crippen molar-refractivity contribution in [1.29, 1.82) is 0 Å². The second-order valence-corrected chi connectivity index (χ2v) is 8.37. The minimum absolute atomic E-state index is 0.114. The van der Waals surface area contributed by atoms with E-state index in [1.165, 1.54) is 0 Å². The van der Waals surface area contributed by atoms with E-state index >= 15 is 0 Å². The maximum absolute atomic E-state index is 12.3. The van der Waals surface area contributed by atoms with Gasteiger partial charge in [-0.2, -0.15) is 0 Å². The summed E-state index contributed by atoms with van der Waals surface area (Å²) in [4.78, 5) is 18.1. The maximum Gasteiger partial charge on any atom is 0.226 e. The first-order chi connectivity index (χ1) is 11.4. The summed E-state index contributed by atoms with van der Waals surface area (Å²) >= 11 is 0. The Kier molecular flexibility index (Phi) is 5.17. The van der Waals surface area contributed by atoms with Crippen LogP contribution in [-0.4, -0.2) is 55.8 Å². The average Bonchev–Trinajstić information content (AvgIpc) is 3.30. The number of pyridine rings is 1. The van der Waals surface area contributed by atoms with Gasteiger partial charge in [0.25, 0.3) is 0 Å². The Balaban J connectivity index is 1.51. The van der Waals surface area contributed by atoms with Gasteiger partial charge in [0.1, 0.15) is 0 Å². The highest BCUT2D eigenvalue weighted by molar-refractivity contribution is 7.89. The molecule has 1 amide bonds. The average molecular weight is 353 g/mol. The molecule has 1 saturated carbocycles. The summed E-state index contributed by atoms with van der Waals surface area (Å²) < 4.78 is 32.5. The number of carbonyl (C=O) groups is 1. The van der Waals surface area contributed by atoms with E-state index in [2.05, 4.69) is 16.6 Å². The van der Waals surface area contributed by atoms with Crippen LogP contribution in [0.4, 0.5) is 0 Å². The fourth-order valence-electron chi connectivity index (χ4n) is 2.91. The maximum atomic E-state index is 12.3. The molecule has 132 valence electrons. The van der Waals surface area contributed by atoms with Gasteiger partial charge in [-0.1, -0.05) is 13.0 Å². The summed E-state index contributed by atoms with van der Waals surface area (Å²) in [6, 6.07) is 5.35. The van der Waals surface area contributed by atoms with Crippen LogP contribution in [0.1, 0.15) is 19.0 Å². The standard InChI is InChI=1S/C16H23N3O4S/c1-12-8-15(12)16(20)19-6-7-23-14(10-19)11-24(21,22)18-9-13-4-2-3-5-17-13/h2-5,12,14-15,18H,6-11H2,1H3/t12-,14-,15-/m1/s1. The largest absolute Gasteiger partial charge is 0.373 e. The van der Waals surface area contributed by atoms with Gasteiger partial charge in [-0.15, -0.1) is 0 Å². The molecule has 2 aliphatic rings. The van der Waals surface area contributed by atoms with E-state index in [4.69, 9.17) is 4.74 Å². The highest BCUT2D eigenvalue weighted by Crippen LogP contribution is 2.39. The molecule has 1 aromatic rings. The topological polar surface area (TPSA) is 88.6 Å². The Labute approximate surface area is 142 Å². The molecule has 0 bridgehead atoms. The van der Waals surface area contributed by atoms with Gasteiger partial charge < -0.3 is 9.64 Å².